The van der Waals surface area contributed by atoms with E-state index in [1.54, 1.807) is 11.3 Å². The molecule has 0 radical (unpaired) electrons. The monoisotopic (exact) mass is 285 g/mol. The second kappa shape index (κ2) is 5.90. The Labute approximate surface area is 124 Å². The van der Waals surface area contributed by atoms with Crippen molar-refractivity contribution >= 4 is 17.1 Å². The summed E-state index contributed by atoms with van der Waals surface area (Å²) in [5, 5.41) is 0. The van der Waals surface area contributed by atoms with Gasteiger partial charge in [0.25, 0.3) is 0 Å². The van der Waals surface area contributed by atoms with Gasteiger partial charge in [0.1, 0.15) is 0 Å². The van der Waals surface area contributed by atoms with Gasteiger partial charge in [-0.2, -0.15) is 0 Å². The summed E-state index contributed by atoms with van der Waals surface area (Å²) in [6, 6.07) is 12.6. The first-order chi connectivity index (χ1) is 9.76. The van der Waals surface area contributed by atoms with Gasteiger partial charge in [0.2, 0.25) is 0 Å². The molecule has 0 bridgehead atoms. The van der Waals surface area contributed by atoms with Gasteiger partial charge in [-0.1, -0.05) is 31.2 Å². The van der Waals surface area contributed by atoms with E-state index in [2.05, 4.69) is 42.2 Å². The number of ketones is 1. The summed E-state index contributed by atoms with van der Waals surface area (Å²) < 4.78 is 0. The molecular formula is C17H19NOS. The number of hydrogen-bond donors (Lipinski definition) is 0. The minimum absolute atomic E-state index is 0.258. The summed E-state index contributed by atoms with van der Waals surface area (Å²) in [6.45, 7) is 4.54. The topological polar surface area (TPSA) is 20.3 Å². The zero-order valence-electron chi connectivity index (χ0n) is 11.8. The summed E-state index contributed by atoms with van der Waals surface area (Å²) in [5.74, 6) is 0.258. The Morgan fingerprint density at radius 1 is 1.20 bits per heavy atom. The molecule has 0 fully saturated rings. The quantitative estimate of drug-likeness (QED) is 0.801. The van der Waals surface area contributed by atoms with Gasteiger partial charge in [0, 0.05) is 18.0 Å². The number of carbonyl (C=O) groups is 1. The van der Waals surface area contributed by atoms with Crippen molar-refractivity contribution in [2.75, 3.05) is 13.1 Å². The maximum absolute atomic E-state index is 12.3. The van der Waals surface area contributed by atoms with E-state index in [0.717, 1.165) is 30.8 Å². The Morgan fingerprint density at radius 2 is 2.00 bits per heavy atom. The molecule has 2 nitrogen and oxygen atoms in total. The highest BCUT2D eigenvalue weighted by Gasteiger charge is 2.19. The molecule has 0 saturated carbocycles. The number of aryl methyl sites for hydroxylation is 1. The third-order valence-electron chi connectivity index (χ3n) is 3.86. The van der Waals surface area contributed by atoms with E-state index in [1.165, 1.54) is 16.0 Å². The van der Waals surface area contributed by atoms with Crippen molar-refractivity contribution in [1.29, 1.82) is 0 Å². The van der Waals surface area contributed by atoms with E-state index >= 15 is 0 Å². The molecule has 1 aliphatic rings. The summed E-state index contributed by atoms with van der Waals surface area (Å²) in [6.07, 6.45) is 2.06. The van der Waals surface area contributed by atoms with Crippen LogP contribution in [0.5, 0.6) is 0 Å². The van der Waals surface area contributed by atoms with Gasteiger partial charge in [-0.25, -0.2) is 0 Å². The SMILES string of the molecule is CCc1ccc(C(=O)CN2CCc3ccccc3C2)s1. The van der Waals surface area contributed by atoms with Crippen molar-refractivity contribution in [2.45, 2.75) is 26.3 Å². The second-order valence-electron chi connectivity index (χ2n) is 5.27. The molecule has 3 rings (SSSR count). The van der Waals surface area contributed by atoms with Crippen LogP contribution in [-0.2, 0) is 19.4 Å². The van der Waals surface area contributed by atoms with Crippen molar-refractivity contribution in [2.24, 2.45) is 0 Å². The largest absolute Gasteiger partial charge is 0.292 e. The van der Waals surface area contributed by atoms with Crippen LogP contribution in [0, 0.1) is 0 Å². The Kier molecular flexibility index (Phi) is 3.99. The lowest BCUT2D eigenvalue weighted by Gasteiger charge is -2.27. The highest BCUT2D eigenvalue weighted by molar-refractivity contribution is 7.14. The molecule has 104 valence electrons. The third-order valence-corrected chi connectivity index (χ3v) is 5.13. The minimum Gasteiger partial charge on any atom is -0.292 e. The molecule has 1 aliphatic heterocycles. The Balaban J connectivity index is 1.66. The van der Waals surface area contributed by atoms with Crippen LogP contribution in [0.15, 0.2) is 36.4 Å². The lowest BCUT2D eigenvalue weighted by atomic mass is 10.00. The number of fused-ring (bicyclic) bond motifs is 1. The summed E-state index contributed by atoms with van der Waals surface area (Å²) in [4.78, 5) is 16.8. The minimum atomic E-state index is 0.258. The van der Waals surface area contributed by atoms with Crippen LogP contribution in [-0.4, -0.2) is 23.8 Å². The standard InChI is InChI=1S/C17H19NOS/c1-2-15-7-8-17(20-15)16(19)12-18-10-9-13-5-3-4-6-14(13)11-18/h3-8H,2,9-12H2,1H3. The third kappa shape index (κ3) is 2.84. The lowest BCUT2D eigenvalue weighted by Crippen LogP contribution is -2.34. The number of Topliss-reactive ketones (excluding diaryl/α,β-unsaturated/α-hetero) is 1. The molecule has 0 unspecified atom stereocenters. The molecule has 1 aromatic heterocycles. The molecule has 0 aliphatic carbocycles. The van der Waals surface area contributed by atoms with Crippen LogP contribution < -0.4 is 0 Å². The van der Waals surface area contributed by atoms with Crippen LogP contribution >= 0.6 is 11.3 Å². The summed E-state index contributed by atoms with van der Waals surface area (Å²) in [5.41, 5.74) is 2.80. The van der Waals surface area contributed by atoms with Crippen molar-refractivity contribution in [3.8, 4) is 0 Å². The number of carbonyl (C=O) groups excluding carboxylic acids is 1. The van der Waals surface area contributed by atoms with Gasteiger partial charge < -0.3 is 0 Å². The summed E-state index contributed by atoms with van der Waals surface area (Å²) in [7, 11) is 0. The first-order valence-electron chi connectivity index (χ1n) is 7.17. The van der Waals surface area contributed by atoms with Crippen LogP contribution in [0.3, 0.4) is 0 Å². The van der Waals surface area contributed by atoms with Gasteiger partial charge in [-0.05, 0) is 36.1 Å². The number of rotatable bonds is 4. The molecule has 0 N–H and O–H groups in total. The van der Waals surface area contributed by atoms with Crippen molar-refractivity contribution in [3.05, 3.63) is 57.3 Å². The maximum atomic E-state index is 12.3. The van der Waals surface area contributed by atoms with Crippen LogP contribution in [0.1, 0.15) is 32.6 Å². The molecule has 0 amide bonds. The Hall–Kier alpha value is -1.45. The van der Waals surface area contributed by atoms with Crippen LogP contribution in [0.4, 0.5) is 0 Å². The highest BCUT2D eigenvalue weighted by atomic mass is 32.1. The van der Waals surface area contributed by atoms with E-state index in [9.17, 15) is 4.79 Å². The number of benzene rings is 1. The van der Waals surface area contributed by atoms with E-state index in [0.29, 0.717) is 6.54 Å². The van der Waals surface area contributed by atoms with Crippen LogP contribution in [0.2, 0.25) is 0 Å². The van der Waals surface area contributed by atoms with E-state index in [-0.39, 0.29) is 5.78 Å². The van der Waals surface area contributed by atoms with Gasteiger partial charge >= 0.3 is 0 Å². The highest BCUT2D eigenvalue weighted by Crippen LogP contribution is 2.21. The van der Waals surface area contributed by atoms with Crippen molar-refractivity contribution in [1.82, 2.24) is 4.90 Å². The Bertz CT molecular complexity index is 617. The fraction of sp³-hybridized carbons (Fsp3) is 0.353. The van der Waals surface area contributed by atoms with E-state index < -0.39 is 0 Å². The average Bonchev–Trinajstić information content (AvgIpc) is 2.96. The predicted molar refractivity (Wildman–Crippen MR) is 83.5 cm³/mol. The van der Waals surface area contributed by atoms with Gasteiger partial charge in [0.15, 0.2) is 5.78 Å². The first-order valence-corrected chi connectivity index (χ1v) is 7.99. The van der Waals surface area contributed by atoms with Crippen LogP contribution in [0.25, 0.3) is 0 Å². The molecule has 0 saturated heterocycles. The Morgan fingerprint density at radius 3 is 2.75 bits per heavy atom. The maximum Gasteiger partial charge on any atom is 0.186 e. The smallest absolute Gasteiger partial charge is 0.186 e. The summed E-state index contributed by atoms with van der Waals surface area (Å²) >= 11 is 1.64. The number of nitrogens with zero attached hydrogens (tertiary/aromatic N) is 1. The molecule has 20 heavy (non-hydrogen) atoms. The first kappa shape index (κ1) is 13.5. The molecule has 2 heterocycles. The molecule has 0 atom stereocenters. The lowest BCUT2D eigenvalue weighted by molar-refractivity contribution is 0.0925. The fourth-order valence-electron chi connectivity index (χ4n) is 2.69. The molecule has 2 aromatic rings. The molecular weight excluding hydrogens is 266 g/mol. The fourth-order valence-corrected chi connectivity index (χ4v) is 3.57. The average molecular weight is 285 g/mol. The molecule has 1 aromatic carbocycles. The number of thiophene rings is 1. The van der Waals surface area contributed by atoms with E-state index in [4.69, 9.17) is 0 Å². The van der Waals surface area contributed by atoms with Gasteiger partial charge in [-0.15, -0.1) is 11.3 Å². The van der Waals surface area contributed by atoms with Crippen molar-refractivity contribution in [3.63, 3.8) is 0 Å². The molecule has 0 spiro atoms. The number of hydrogen-bond acceptors (Lipinski definition) is 3. The zero-order valence-corrected chi connectivity index (χ0v) is 12.6. The van der Waals surface area contributed by atoms with Gasteiger partial charge in [0.05, 0.1) is 11.4 Å². The van der Waals surface area contributed by atoms with Gasteiger partial charge in [-0.3, -0.25) is 9.69 Å². The normalized spacial score (nSPS) is 15.1. The van der Waals surface area contributed by atoms with Crippen molar-refractivity contribution < 1.29 is 4.79 Å². The molecule has 3 heteroatoms. The predicted octanol–water partition coefficient (Wildman–Crippen LogP) is 3.55. The zero-order chi connectivity index (χ0) is 13.9. The second-order valence-corrected chi connectivity index (χ2v) is 6.44. The van der Waals surface area contributed by atoms with E-state index in [1.807, 2.05) is 6.07 Å².